The van der Waals surface area contributed by atoms with Crippen LogP contribution in [0.3, 0.4) is 0 Å². The van der Waals surface area contributed by atoms with Crippen LogP contribution in [0.25, 0.3) is 10.9 Å². The molecule has 34 heavy (non-hydrogen) atoms. The smallest absolute Gasteiger partial charge is 0.251 e. The summed E-state index contributed by atoms with van der Waals surface area (Å²) in [5.74, 6) is 0. The van der Waals surface area contributed by atoms with E-state index in [2.05, 4.69) is 88.9 Å². The van der Waals surface area contributed by atoms with Crippen molar-refractivity contribution in [3.05, 3.63) is 100 Å². The van der Waals surface area contributed by atoms with Gasteiger partial charge in [0, 0.05) is 49.3 Å². The maximum absolute atomic E-state index is 13.0. The fraction of sp³-hybridized carbons (Fsp3) is 0.276. The second-order valence-electron chi connectivity index (χ2n) is 9.53. The van der Waals surface area contributed by atoms with Crippen LogP contribution in [-0.4, -0.2) is 42.7 Å². The molecule has 1 aliphatic carbocycles. The predicted molar refractivity (Wildman–Crippen MR) is 141 cm³/mol. The number of hydrogen-bond donors (Lipinski definition) is 1. The summed E-state index contributed by atoms with van der Waals surface area (Å²) in [4.78, 5) is 17.9. The van der Waals surface area contributed by atoms with Gasteiger partial charge in [0.15, 0.2) is 0 Å². The zero-order valence-electron chi connectivity index (χ0n) is 19.6. The van der Waals surface area contributed by atoms with Gasteiger partial charge >= 0.3 is 0 Å². The third kappa shape index (κ3) is 3.86. The van der Waals surface area contributed by atoms with Gasteiger partial charge in [-0.1, -0.05) is 30.3 Å². The molecule has 1 aliphatic heterocycles. The third-order valence-electron chi connectivity index (χ3n) is 7.37. The van der Waals surface area contributed by atoms with Gasteiger partial charge < -0.3 is 19.7 Å². The Bertz CT molecular complexity index is 1380. The van der Waals surface area contributed by atoms with Gasteiger partial charge in [-0.05, 0) is 78.9 Å². The number of pyridine rings is 1. The minimum Gasteiger partial charge on any atom is -0.369 e. The molecule has 5 heteroatoms. The van der Waals surface area contributed by atoms with Crippen LogP contribution in [0.1, 0.15) is 23.6 Å². The number of fused-ring (bicyclic) bond motifs is 2. The van der Waals surface area contributed by atoms with E-state index < -0.39 is 0 Å². The largest absolute Gasteiger partial charge is 0.369 e. The maximum Gasteiger partial charge on any atom is 0.251 e. The minimum atomic E-state index is 0.0582. The third-order valence-corrected chi connectivity index (χ3v) is 7.37. The first-order chi connectivity index (χ1) is 16.7. The Morgan fingerprint density at radius 3 is 2.38 bits per heavy atom. The first kappa shape index (κ1) is 21.0. The number of rotatable bonds is 4. The second-order valence-corrected chi connectivity index (χ2v) is 9.53. The monoisotopic (exact) mass is 450 g/mol. The van der Waals surface area contributed by atoms with Crippen LogP contribution in [0.15, 0.2) is 83.7 Å². The summed E-state index contributed by atoms with van der Waals surface area (Å²) < 4.78 is 1.99. The van der Waals surface area contributed by atoms with E-state index in [-0.39, 0.29) is 11.6 Å². The van der Waals surface area contributed by atoms with Crippen molar-refractivity contribution in [1.82, 2.24) is 9.47 Å². The molecular weight excluding hydrogens is 420 g/mol. The molecule has 0 bridgehead atoms. The SMILES string of the molecule is CN1CCN(c2ccc(Nc3ccc4ccc(=O)n(C5CCc6ccccc65)c4c3)cc2)CC1. The standard InChI is InChI=1S/C29H30N4O/c1-31-16-18-32(19-17-31)25-12-10-23(11-13-25)30-24-9-6-22-8-15-29(34)33(28(22)20-24)27-14-7-21-4-2-3-5-26(21)27/h2-6,8-13,15,20,27,30H,7,14,16-19H2,1H3. The van der Waals surface area contributed by atoms with Gasteiger partial charge in [0.1, 0.15) is 0 Å². The molecule has 0 radical (unpaired) electrons. The molecule has 2 heterocycles. The first-order valence-corrected chi connectivity index (χ1v) is 12.2. The molecule has 2 aliphatic rings. The van der Waals surface area contributed by atoms with E-state index in [1.165, 1.54) is 16.8 Å². The molecule has 1 N–H and O–H groups in total. The number of piperazine rings is 1. The first-order valence-electron chi connectivity index (χ1n) is 12.2. The summed E-state index contributed by atoms with van der Waals surface area (Å²) in [5, 5.41) is 4.63. The lowest BCUT2D eigenvalue weighted by Crippen LogP contribution is -2.44. The van der Waals surface area contributed by atoms with Crippen LogP contribution in [0, 0.1) is 0 Å². The normalized spacial score (nSPS) is 18.3. The molecule has 0 amide bonds. The fourth-order valence-electron chi connectivity index (χ4n) is 5.44. The Morgan fingerprint density at radius 2 is 1.56 bits per heavy atom. The fourth-order valence-corrected chi connectivity index (χ4v) is 5.44. The van der Waals surface area contributed by atoms with E-state index in [1.54, 1.807) is 6.07 Å². The highest BCUT2D eigenvalue weighted by atomic mass is 16.1. The van der Waals surface area contributed by atoms with E-state index in [0.29, 0.717) is 0 Å². The topological polar surface area (TPSA) is 40.5 Å². The maximum atomic E-state index is 13.0. The molecule has 1 aromatic heterocycles. The lowest BCUT2D eigenvalue weighted by Gasteiger charge is -2.34. The highest BCUT2D eigenvalue weighted by Crippen LogP contribution is 2.35. The predicted octanol–water partition coefficient (Wildman–Crippen LogP) is 5.03. The molecule has 1 saturated heterocycles. The average molecular weight is 451 g/mol. The summed E-state index contributed by atoms with van der Waals surface area (Å²) in [6.07, 6.45) is 1.98. The van der Waals surface area contributed by atoms with Crippen molar-refractivity contribution in [2.45, 2.75) is 18.9 Å². The molecule has 1 fully saturated rings. The van der Waals surface area contributed by atoms with E-state index in [0.717, 1.165) is 61.3 Å². The van der Waals surface area contributed by atoms with E-state index in [4.69, 9.17) is 0 Å². The van der Waals surface area contributed by atoms with Gasteiger partial charge in [0.2, 0.25) is 0 Å². The number of aryl methyl sites for hydroxylation is 1. The van der Waals surface area contributed by atoms with Gasteiger partial charge in [-0.15, -0.1) is 0 Å². The van der Waals surface area contributed by atoms with Crippen LogP contribution in [0.2, 0.25) is 0 Å². The van der Waals surface area contributed by atoms with Crippen molar-refractivity contribution in [3.63, 3.8) is 0 Å². The van der Waals surface area contributed by atoms with Crippen molar-refractivity contribution < 1.29 is 0 Å². The molecule has 0 spiro atoms. The van der Waals surface area contributed by atoms with Crippen molar-refractivity contribution in [3.8, 4) is 0 Å². The average Bonchev–Trinajstić information content (AvgIpc) is 3.29. The number of likely N-dealkylation sites (N-methyl/N-ethyl adjacent to an activating group) is 1. The molecular formula is C29H30N4O. The second kappa shape index (κ2) is 8.65. The highest BCUT2D eigenvalue weighted by Gasteiger charge is 2.25. The van der Waals surface area contributed by atoms with E-state index >= 15 is 0 Å². The van der Waals surface area contributed by atoms with Crippen LogP contribution in [0.5, 0.6) is 0 Å². The van der Waals surface area contributed by atoms with Crippen molar-refractivity contribution in [1.29, 1.82) is 0 Å². The summed E-state index contributed by atoms with van der Waals surface area (Å²) in [7, 11) is 2.18. The molecule has 172 valence electrons. The zero-order chi connectivity index (χ0) is 23.1. The van der Waals surface area contributed by atoms with Crippen molar-refractivity contribution in [2.75, 3.05) is 43.4 Å². The lowest BCUT2D eigenvalue weighted by molar-refractivity contribution is 0.313. The van der Waals surface area contributed by atoms with Crippen molar-refractivity contribution in [2.24, 2.45) is 0 Å². The van der Waals surface area contributed by atoms with Crippen LogP contribution in [-0.2, 0) is 6.42 Å². The number of nitrogens with zero attached hydrogens (tertiary/aromatic N) is 3. The minimum absolute atomic E-state index is 0.0582. The van der Waals surface area contributed by atoms with Gasteiger partial charge in [0.25, 0.3) is 5.56 Å². The highest BCUT2D eigenvalue weighted by molar-refractivity contribution is 5.84. The van der Waals surface area contributed by atoms with E-state index in [1.807, 2.05) is 10.6 Å². The Balaban J connectivity index is 1.30. The van der Waals surface area contributed by atoms with Gasteiger partial charge in [-0.25, -0.2) is 0 Å². The van der Waals surface area contributed by atoms with Crippen LogP contribution in [0.4, 0.5) is 17.1 Å². The van der Waals surface area contributed by atoms with Gasteiger partial charge in [0.05, 0.1) is 11.6 Å². The summed E-state index contributed by atoms with van der Waals surface area (Å²) in [6, 6.07) is 27.2. The lowest BCUT2D eigenvalue weighted by atomic mass is 10.1. The molecule has 6 rings (SSSR count). The quantitative estimate of drug-likeness (QED) is 0.473. The summed E-state index contributed by atoms with van der Waals surface area (Å²) in [6.45, 7) is 4.33. The number of hydrogen-bond acceptors (Lipinski definition) is 4. The zero-order valence-corrected chi connectivity index (χ0v) is 19.6. The summed E-state index contributed by atoms with van der Waals surface area (Å²) >= 11 is 0. The van der Waals surface area contributed by atoms with Crippen molar-refractivity contribution >= 4 is 28.0 Å². The molecule has 1 atom stereocenters. The molecule has 5 nitrogen and oxygen atoms in total. The van der Waals surface area contributed by atoms with Gasteiger partial charge in [-0.3, -0.25) is 4.79 Å². The number of benzene rings is 3. The molecule has 4 aromatic rings. The molecule has 1 unspecified atom stereocenters. The number of nitrogens with one attached hydrogen (secondary N) is 1. The van der Waals surface area contributed by atoms with Crippen LogP contribution >= 0.6 is 0 Å². The van der Waals surface area contributed by atoms with Crippen LogP contribution < -0.4 is 15.8 Å². The Kier molecular flexibility index (Phi) is 5.34. The number of aromatic nitrogens is 1. The number of anilines is 3. The Labute approximate surface area is 200 Å². The van der Waals surface area contributed by atoms with Gasteiger partial charge in [-0.2, -0.15) is 0 Å². The van der Waals surface area contributed by atoms with E-state index in [9.17, 15) is 4.79 Å². The molecule has 0 saturated carbocycles. The Morgan fingerprint density at radius 1 is 0.824 bits per heavy atom. The summed E-state index contributed by atoms with van der Waals surface area (Å²) in [5.41, 5.74) is 6.97. The molecule has 3 aromatic carbocycles. The Hall–Kier alpha value is -3.57.